The van der Waals surface area contributed by atoms with Crippen molar-refractivity contribution in [3.05, 3.63) is 57.3 Å². The van der Waals surface area contributed by atoms with Crippen LogP contribution in [-0.2, 0) is 26.2 Å². The molecule has 0 saturated carbocycles. The number of alkyl halides is 6. The molecule has 1 aliphatic rings. The van der Waals surface area contributed by atoms with Gasteiger partial charge in [0.2, 0.25) is 0 Å². The van der Waals surface area contributed by atoms with Gasteiger partial charge in [-0.2, -0.15) is 13.2 Å². The van der Waals surface area contributed by atoms with Gasteiger partial charge in [0.25, 0.3) is 10.0 Å². The second-order valence-corrected chi connectivity index (χ2v) is 11.9. The summed E-state index contributed by atoms with van der Waals surface area (Å²) in [6.07, 6.45) is -9.14. The van der Waals surface area contributed by atoms with E-state index in [-0.39, 0.29) is 36.1 Å². The van der Waals surface area contributed by atoms with E-state index >= 15 is 0 Å². The van der Waals surface area contributed by atoms with E-state index in [0.29, 0.717) is 43.6 Å². The van der Waals surface area contributed by atoms with Crippen molar-refractivity contribution in [3.63, 3.8) is 0 Å². The van der Waals surface area contributed by atoms with Crippen LogP contribution in [0.5, 0.6) is 11.5 Å². The Bertz CT molecular complexity index is 1470. The number of rotatable bonds is 8. The number of likely N-dealkylation sites (tertiary alicyclic amines) is 1. The predicted molar refractivity (Wildman–Crippen MR) is 136 cm³/mol. The van der Waals surface area contributed by atoms with Gasteiger partial charge in [0, 0.05) is 17.6 Å². The minimum absolute atomic E-state index is 0.0275. The average Bonchev–Trinajstić information content (AvgIpc) is 2.85. The number of piperidine rings is 1. The van der Waals surface area contributed by atoms with Gasteiger partial charge in [-0.1, -0.05) is 27.7 Å². The van der Waals surface area contributed by atoms with Crippen LogP contribution in [0.4, 0.5) is 30.7 Å². The van der Waals surface area contributed by atoms with Crippen LogP contribution >= 0.6 is 23.2 Å². The molecule has 1 heterocycles. The summed E-state index contributed by atoms with van der Waals surface area (Å²) in [5.74, 6) is -7.17. The Morgan fingerprint density at radius 2 is 1.65 bits per heavy atom. The smallest absolute Gasteiger partial charge is 0.492 e. The number of hydroxylamine groups is 1. The number of carbonyl (C=O) groups is 2. The number of carbonyl (C=O) groups excluding carboxylic acids is 2. The summed E-state index contributed by atoms with van der Waals surface area (Å²) >= 11 is 12.0. The van der Waals surface area contributed by atoms with Crippen molar-refractivity contribution < 1.29 is 63.1 Å². The molecule has 0 aromatic heterocycles. The molecule has 0 unspecified atom stereocenters. The first-order chi connectivity index (χ1) is 19.7. The van der Waals surface area contributed by atoms with Gasteiger partial charge in [0.1, 0.15) is 17.3 Å². The SMILES string of the molecule is CS(=O)(=O)N(OC(=O)C(F)(F)F)C(=O)c1cc(Cl)c(OCC2CCN(Cc3cc(Cl)cc(OC(F)(F)F)c3)CC2)cc1F. The normalized spacial score (nSPS) is 15.2. The third-order valence-corrected chi connectivity index (χ3v) is 7.23. The molecular weight excluding hydrogens is 664 g/mol. The van der Waals surface area contributed by atoms with Crippen molar-refractivity contribution >= 4 is 45.1 Å². The molecule has 0 spiro atoms. The maximum Gasteiger partial charge on any atom is 0.573 e. The van der Waals surface area contributed by atoms with Crippen LogP contribution in [-0.4, -0.2) is 68.2 Å². The van der Waals surface area contributed by atoms with E-state index < -0.39 is 61.1 Å². The molecule has 0 aliphatic carbocycles. The summed E-state index contributed by atoms with van der Waals surface area (Å²) in [5.41, 5.74) is -0.614. The lowest BCUT2D eigenvalue weighted by Gasteiger charge is -2.32. The van der Waals surface area contributed by atoms with Gasteiger partial charge in [-0.05, 0) is 61.7 Å². The first-order valence-electron chi connectivity index (χ1n) is 12.0. The molecule has 1 fully saturated rings. The fourth-order valence-electron chi connectivity index (χ4n) is 3.97. The minimum Gasteiger partial charge on any atom is -0.492 e. The van der Waals surface area contributed by atoms with Crippen molar-refractivity contribution in [3.8, 4) is 11.5 Å². The fourth-order valence-corrected chi connectivity index (χ4v) is 5.04. The zero-order chi connectivity index (χ0) is 32.3. The molecule has 1 saturated heterocycles. The first-order valence-corrected chi connectivity index (χ1v) is 14.6. The van der Waals surface area contributed by atoms with Crippen LogP contribution in [0.3, 0.4) is 0 Å². The highest BCUT2D eigenvalue weighted by Gasteiger charge is 2.45. The Morgan fingerprint density at radius 1 is 1.02 bits per heavy atom. The molecule has 238 valence electrons. The average molecular weight is 685 g/mol. The largest absolute Gasteiger partial charge is 0.573 e. The molecule has 2 aromatic rings. The summed E-state index contributed by atoms with van der Waals surface area (Å²) < 4.78 is 122. The molecule has 0 bridgehead atoms. The summed E-state index contributed by atoms with van der Waals surface area (Å²) in [6, 6.07) is 5.02. The molecule has 19 heteroatoms. The summed E-state index contributed by atoms with van der Waals surface area (Å²) in [4.78, 5) is 29.2. The van der Waals surface area contributed by atoms with Crippen LogP contribution in [0.15, 0.2) is 30.3 Å². The van der Waals surface area contributed by atoms with E-state index in [2.05, 4.69) is 9.57 Å². The number of sulfonamides is 1. The van der Waals surface area contributed by atoms with E-state index in [1.165, 1.54) is 12.1 Å². The van der Waals surface area contributed by atoms with Gasteiger partial charge >= 0.3 is 24.4 Å². The molecule has 2 aromatic carbocycles. The lowest BCUT2D eigenvalue weighted by molar-refractivity contribution is -0.274. The van der Waals surface area contributed by atoms with Crippen LogP contribution < -0.4 is 9.47 Å². The third-order valence-electron chi connectivity index (χ3n) is 5.87. The Balaban J connectivity index is 1.60. The number of halogens is 9. The minimum atomic E-state index is -5.66. The van der Waals surface area contributed by atoms with Gasteiger partial charge in [-0.3, -0.25) is 9.69 Å². The van der Waals surface area contributed by atoms with E-state index in [1.807, 2.05) is 4.90 Å². The Morgan fingerprint density at radius 3 is 2.21 bits per heavy atom. The maximum absolute atomic E-state index is 14.7. The van der Waals surface area contributed by atoms with Crippen LogP contribution in [0.25, 0.3) is 0 Å². The van der Waals surface area contributed by atoms with Crippen molar-refractivity contribution in [2.24, 2.45) is 5.92 Å². The highest BCUT2D eigenvalue weighted by Crippen LogP contribution is 2.32. The molecular formula is C24H21Cl2F7N2O7S. The Kier molecular flexibility index (Phi) is 10.7. The summed E-state index contributed by atoms with van der Waals surface area (Å²) in [6.45, 7) is 1.35. The summed E-state index contributed by atoms with van der Waals surface area (Å²) in [5, 5.41) is -0.321. The zero-order valence-corrected chi connectivity index (χ0v) is 24.1. The molecule has 3 rings (SSSR count). The molecule has 43 heavy (non-hydrogen) atoms. The van der Waals surface area contributed by atoms with E-state index in [9.17, 15) is 48.7 Å². The molecule has 0 N–H and O–H groups in total. The monoisotopic (exact) mass is 684 g/mol. The molecule has 9 nitrogen and oxygen atoms in total. The predicted octanol–water partition coefficient (Wildman–Crippen LogP) is 5.74. The van der Waals surface area contributed by atoms with Crippen LogP contribution in [0.1, 0.15) is 28.8 Å². The first kappa shape index (κ1) is 34.5. The van der Waals surface area contributed by atoms with Gasteiger partial charge in [0.05, 0.1) is 23.4 Å². The van der Waals surface area contributed by atoms with Crippen LogP contribution in [0, 0.1) is 11.7 Å². The fraction of sp³-hybridized carbons (Fsp3) is 0.417. The summed E-state index contributed by atoms with van der Waals surface area (Å²) in [7, 11) is -4.93. The highest BCUT2D eigenvalue weighted by molar-refractivity contribution is 7.88. The maximum atomic E-state index is 14.7. The topological polar surface area (TPSA) is 102 Å². The van der Waals surface area contributed by atoms with Gasteiger partial charge in [-0.25, -0.2) is 17.6 Å². The zero-order valence-electron chi connectivity index (χ0n) is 21.8. The Labute approximate surface area is 250 Å². The lowest BCUT2D eigenvalue weighted by atomic mass is 9.97. The molecule has 0 atom stereocenters. The van der Waals surface area contributed by atoms with E-state index in [1.54, 1.807) is 0 Å². The van der Waals surface area contributed by atoms with Crippen molar-refractivity contribution in [1.29, 1.82) is 0 Å². The number of nitrogens with zero attached hydrogens (tertiary/aromatic N) is 2. The number of hydrogen-bond acceptors (Lipinski definition) is 8. The molecule has 1 aliphatic heterocycles. The van der Waals surface area contributed by atoms with E-state index in [0.717, 1.165) is 6.07 Å². The molecule has 1 amide bonds. The van der Waals surface area contributed by atoms with Crippen molar-refractivity contribution in [2.45, 2.75) is 31.9 Å². The number of amides is 1. The van der Waals surface area contributed by atoms with Crippen molar-refractivity contribution in [2.75, 3.05) is 26.0 Å². The second-order valence-electron chi connectivity index (χ2n) is 9.31. The third kappa shape index (κ3) is 10.0. The number of benzene rings is 2. The quantitative estimate of drug-likeness (QED) is 0.256. The standard InChI is InChI=1S/C24H21Cl2F7N2O7S/c1-43(38,39)35(42-22(37)23(28,29)30)21(36)17-9-18(26)20(10-19(17)27)40-12-13-2-4-34(5-3-13)11-14-6-15(25)8-16(7-14)41-24(31,32)33/h6-10,13H,2-5,11-12H2,1H3. The lowest BCUT2D eigenvalue weighted by Crippen LogP contribution is -2.42. The molecule has 0 radical (unpaired) electrons. The Hall–Kier alpha value is -3.02. The van der Waals surface area contributed by atoms with Gasteiger partial charge in [-0.15, -0.1) is 13.2 Å². The van der Waals surface area contributed by atoms with Gasteiger partial charge in [0.15, 0.2) is 0 Å². The van der Waals surface area contributed by atoms with Gasteiger partial charge < -0.3 is 14.3 Å². The van der Waals surface area contributed by atoms with Crippen LogP contribution in [0.2, 0.25) is 10.0 Å². The highest BCUT2D eigenvalue weighted by atomic mass is 35.5. The number of hydrogen-bond donors (Lipinski definition) is 0. The van der Waals surface area contributed by atoms with Crippen molar-refractivity contribution in [1.82, 2.24) is 9.37 Å². The number of ether oxygens (including phenoxy) is 2. The second kappa shape index (κ2) is 13.3. The van der Waals surface area contributed by atoms with E-state index in [4.69, 9.17) is 27.9 Å².